The van der Waals surface area contributed by atoms with E-state index in [0.29, 0.717) is 24.4 Å². The Balaban J connectivity index is 1.90. The number of benzene rings is 1. The number of carbonyl (C=O) groups excluding carboxylic acids is 2. The molecule has 0 aromatic heterocycles. The third kappa shape index (κ3) is 4.40. The maximum Gasteiger partial charge on any atom is 0.277 e. The molecule has 0 saturated carbocycles. The largest absolute Gasteiger partial charge is 0.494 e. The van der Waals surface area contributed by atoms with Gasteiger partial charge in [-0.1, -0.05) is 38.8 Å². The number of hydrogen-bond acceptors (Lipinski definition) is 4. The van der Waals surface area contributed by atoms with Crippen molar-refractivity contribution in [3.63, 3.8) is 0 Å². The van der Waals surface area contributed by atoms with Gasteiger partial charge in [0, 0.05) is 19.6 Å². The van der Waals surface area contributed by atoms with E-state index in [-0.39, 0.29) is 11.8 Å². The summed E-state index contributed by atoms with van der Waals surface area (Å²) < 4.78 is 5.66. The molecule has 28 heavy (non-hydrogen) atoms. The number of likely N-dealkylation sites (tertiary alicyclic amines) is 1. The first-order valence-corrected chi connectivity index (χ1v) is 10.8. The Morgan fingerprint density at radius 1 is 0.893 bits per heavy atom. The predicted octanol–water partition coefficient (Wildman–Crippen LogP) is 4.23. The number of amides is 2. The number of nitrogens with zero attached hydrogens (tertiary/aromatic N) is 2. The van der Waals surface area contributed by atoms with Crippen LogP contribution in [-0.2, 0) is 9.59 Å². The third-order valence-electron chi connectivity index (χ3n) is 5.42. The van der Waals surface area contributed by atoms with Crippen molar-refractivity contribution in [1.29, 1.82) is 0 Å². The molecule has 5 heteroatoms. The van der Waals surface area contributed by atoms with Gasteiger partial charge in [0.25, 0.3) is 11.8 Å². The minimum Gasteiger partial charge on any atom is -0.494 e. The molecule has 0 radical (unpaired) electrons. The fourth-order valence-corrected chi connectivity index (χ4v) is 3.90. The smallest absolute Gasteiger partial charge is 0.277 e. The highest BCUT2D eigenvalue weighted by Gasteiger charge is 2.41. The Bertz CT molecular complexity index is 718. The minimum absolute atomic E-state index is 0.121. The molecule has 152 valence electrons. The molecule has 0 unspecified atom stereocenters. The second-order valence-electron chi connectivity index (χ2n) is 7.61. The van der Waals surface area contributed by atoms with E-state index in [1.807, 2.05) is 24.3 Å². The number of hydrogen-bond donors (Lipinski definition) is 0. The molecule has 1 saturated heterocycles. The van der Waals surface area contributed by atoms with Crippen LogP contribution in [0.15, 0.2) is 30.0 Å². The number of rotatable bonds is 9. The molecule has 2 aliphatic rings. The van der Waals surface area contributed by atoms with Gasteiger partial charge in [0.2, 0.25) is 0 Å². The molecule has 0 spiro atoms. The molecule has 3 rings (SSSR count). The van der Waals surface area contributed by atoms with Crippen molar-refractivity contribution in [2.75, 3.05) is 26.2 Å². The van der Waals surface area contributed by atoms with Crippen molar-refractivity contribution < 1.29 is 14.3 Å². The highest BCUT2D eigenvalue weighted by atomic mass is 16.5. The van der Waals surface area contributed by atoms with Crippen LogP contribution >= 0.6 is 0 Å². The normalized spacial score (nSPS) is 17.6. The third-order valence-corrected chi connectivity index (χ3v) is 5.42. The number of carbonyl (C=O) groups is 2. The van der Waals surface area contributed by atoms with E-state index < -0.39 is 0 Å². The second-order valence-corrected chi connectivity index (χ2v) is 7.61. The van der Waals surface area contributed by atoms with E-state index in [0.717, 1.165) is 62.9 Å². The fourth-order valence-electron chi connectivity index (χ4n) is 3.90. The Morgan fingerprint density at radius 3 is 2.25 bits per heavy atom. The Hall–Kier alpha value is -2.30. The summed E-state index contributed by atoms with van der Waals surface area (Å²) in [6.45, 7) is 7.06. The zero-order valence-corrected chi connectivity index (χ0v) is 17.2. The summed E-state index contributed by atoms with van der Waals surface area (Å²) >= 11 is 0. The summed E-state index contributed by atoms with van der Waals surface area (Å²) in [5, 5.41) is 0. The molecule has 0 aliphatic carbocycles. The van der Waals surface area contributed by atoms with Crippen LogP contribution in [0.25, 0.3) is 5.57 Å². The van der Waals surface area contributed by atoms with Crippen molar-refractivity contribution in [3.05, 3.63) is 35.5 Å². The lowest BCUT2D eigenvalue weighted by molar-refractivity contribution is -0.137. The van der Waals surface area contributed by atoms with E-state index in [4.69, 9.17) is 4.74 Å². The first-order valence-electron chi connectivity index (χ1n) is 10.8. The van der Waals surface area contributed by atoms with Crippen molar-refractivity contribution in [2.24, 2.45) is 0 Å². The summed E-state index contributed by atoms with van der Waals surface area (Å²) in [6, 6.07) is 7.60. The number of piperidine rings is 1. The number of ether oxygens (including phenoxy) is 1. The predicted molar refractivity (Wildman–Crippen MR) is 111 cm³/mol. The number of imide groups is 1. The first kappa shape index (κ1) is 20.4. The molecule has 2 aliphatic heterocycles. The SMILES string of the molecule is CCCCCN1C(=O)C(c2ccc(OCCC)cc2)=C(N2CCCCC2)C1=O. The van der Waals surface area contributed by atoms with E-state index in [1.165, 1.54) is 11.3 Å². The Morgan fingerprint density at radius 2 is 1.61 bits per heavy atom. The zero-order valence-electron chi connectivity index (χ0n) is 17.2. The van der Waals surface area contributed by atoms with Crippen LogP contribution in [-0.4, -0.2) is 47.9 Å². The quantitative estimate of drug-likeness (QED) is 0.472. The average Bonchev–Trinajstić information content (AvgIpc) is 2.98. The summed E-state index contributed by atoms with van der Waals surface area (Å²) in [4.78, 5) is 30.0. The monoisotopic (exact) mass is 384 g/mol. The topological polar surface area (TPSA) is 49.9 Å². The van der Waals surface area contributed by atoms with Gasteiger partial charge in [-0.25, -0.2) is 0 Å². The summed E-state index contributed by atoms with van der Waals surface area (Å²) in [5.74, 6) is 0.524. The van der Waals surface area contributed by atoms with Crippen LogP contribution in [0.3, 0.4) is 0 Å². The van der Waals surface area contributed by atoms with Gasteiger partial charge < -0.3 is 9.64 Å². The molecule has 0 bridgehead atoms. The van der Waals surface area contributed by atoms with Crippen LogP contribution in [0.1, 0.15) is 64.4 Å². The van der Waals surface area contributed by atoms with E-state index in [1.54, 1.807) is 0 Å². The van der Waals surface area contributed by atoms with Crippen LogP contribution < -0.4 is 4.74 Å². The van der Waals surface area contributed by atoms with Crippen molar-refractivity contribution in [3.8, 4) is 5.75 Å². The van der Waals surface area contributed by atoms with Gasteiger partial charge in [0.1, 0.15) is 11.4 Å². The summed E-state index contributed by atoms with van der Waals surface area (Å²) in [6.07, 6.45) is 7.22. The minimum atomic E-state index is -0.149. The molecule has 1 aromatic carbocycles. The van der Waals surface area contributed by atoms with Gasteiger partial charge >= 0.3 is 0 Å². The maximum absolute atomic E-state index is 13.2. The summed E-state index contributed by atoms with van der Waals surface area (Å²) in [7, 11) is 0. The molecular formula is C23H32N2O3. The molecule has 2 heterocycles. The highest BCUT2D eigenvalue weighted by Crippen LogP contribution is 2.34. The Kier molecular flexibility index (Phi) is 7.12. The van der Waals surface area contributed by atoms with Gasteiger partial charge in [-0.15, -0.1) is 0 Å². The van der Waals surface area contributed by atoms with Gasteiger partial charge in [-0.2, -0.15) is 0 Å². The molecule has 5 nitrogen and oxygen atoms in total. The first-order chi connectivity index (χ1) is 13.7. The molecule has 1 fully saturated rings. The molecular weight excluding hydrogens is 352 g/mol. The fraction of sp³-hybridized carbons (Fsp3) is 0.565. The molecule has 1 aromatic rings. The standard InChI is InChI=1S/C23H32N2O3/c1-3-5-7-16-25-22(26)20(18-10-12-19(13-11-18)28-17-4-2)21(23(25)27)24-14-8-6-9-15-24/h10-13H,3-9,14-17H2,1-2H3. The van der Waals surface area contributed by atoms with Gasteiger partial charge in [0.15, 0.2) is 0 Å². The zero-order chi connectivity index (χ0) is 19.9. The van der Waals surface area contributed by atoms with E-state index in [9.17, 15) is 9.59 Å². The van der Waals surface area contributed by atoms with Gasteiger partial charge in [-0.05, 0) is 49.8 Å². The Labute approximate surface area is 168 Å². The van der Waals surface area contributed by atoms with Crippen molar-refractivity contribution in [2.45, 2.75) is 58.8 Å². The molecule has 0 atom stereocenters. The van der Waals surface area contributed by atoms with Gasteiger partial charge in [-0.3, -0.25) is 14.5 Å². The van der Waals surface area contributed by atoms with Crippen molar-refractivity contribution >= 4 is 17.4 Å². The lowest BCUT2D eigenvalue weighted by atomic mass is 10.0. The molecule has 0 N–H and O–H groups in total. The molecule has 2 amide bonds. The van der Waals surface area contributed by atoms with Crippen LogP contribution in [0, 0.1) is 0 Å². The maximum atomic E-state index is 13.2. The van der Waals surface area contributed by atoms with Crippen LogP contribution in [0.5, 0.6) is 5.75 Å². The second kappa shape index (κ2) is 9.76. The van der Waals surface area contributed by atoms with E-state index >= 15 is 0 Å². The lowest BCUT2D eigenvalue weighted by Gasteiger charge is -2.29. The highest BCUT2D eigenvalue weighted by molar-refractivity contribution is 6.35. The summed E-state index contributed by atoms with van der Waals surface area (Å²) in [5.41, 5.74) is 1.97. The van der Waals surface area contributed by atoms with Gasteiger partial charge in [0.05, 0.1) is 12.2 Å². The van der Waals surface area contributed by atoms with Crippen LogP contribution in [0.2, 0.25) is 0 Å². The van der Waals surface area contributed by atoms with Crippen molar-refractivity contribution in [1.82, 2.24) is 9.80 Å². The van der Waals surface area contributed by atoms with Crippen LogP contribution in [0.4, 0.5) is 0 Å². The average molecular weight is 385 g/mol. The lowest BCUT2D eigenvalue weighted by Crippen LogP contribution is -2.37. The van der Waals surface area contributed by atoms with E-state index in [2.05, 4.69) is 18.7 Å². The number of unbranched alkanes of at least 4 members (excludes halogenated alkanes) is 2.